The third kappa shape index (κ3) is 2.82. The molecule has 0 radical (unpaired) electrons. The van der Waals surface area contributed by atoms with Crippen LogP contribution in [0.1, 0.15) is 12.7 Å². The van der Waals surface area contributed by atoms with Gasteiger partial charge in [-0.05, 0) is 25.1 Å². The SMILES string of the molecule is CCn1ncnc1CNc1cc(Br)ccc1F. The first-order chi connectivity index (χ1) is 8.20. The van der Waals surface area contributed by atoms with E-state index in [4.69, 9.17) is 0 Å². The molecule has 1 aromatic heterocycles. The molecule has 90 valence electrons. The van der Waals surface area contributed by atoms with Crippen LogP contribution in [0.15, 0.2) is 29.0 Å². The van der Waals surface area contributed by atoms with E-state index in [2.05, 4.69) is 31.3 Å². The molecule has 0 aliphatic heterocycles. The summed E-state index contributed by atoms with van der Waals surface area (Å²) in [7, 11) is 0. The largest absolute Gasteiger partial charge is 0.375 e. The van der Waals surface area contributed by atoms with Crippen LogP contribution in [0, 0.1) is 5.82 Å². The summed E-state index contributed by atoms with van der Waals surface area (Å²) in [5.41, 5.74) is 0.449. The number of nitrogens with one attached hydrogen (secondary N) is 1. The number of hydrogen-bond donors (Lipinski definition) is 1. The van der Waals surface area contributed by atoms with Gasteiger partial charge >= 0.3 is 0 Å². The summed E-state index contributed by atoms with van der Waals surface area (Å²) < 4.78 is 16.1. The van der Waals surface area contributed by atoms with Crippen LogP contribution in [0.3, 0.4) is 0 Å². The van der Waals surface area contributed by atoms with Crippen LogP contribution < -0.4 is 5.32 Å². The maximum absolute atomic E-state index is 13.5. The number of aromatic nitrogens is 3. The zero-order chi connectivity index (χ0) is 12.3. The summed E-state index contributed by atoms with van der Waals surface area (Å²) in [6.07, 6.45) is 1.50. The van der Waals surface area contributed by atoms with Gasteiger partial charge in [0.05, 0.1) is 12.2 Å². The van der Waals surface area contributed by atoms with Crippen molar-refractivity contribution < 1.29 is 4.39 Å². The lowest BCUT2D eigenvalue weighted by Gasteiger charge is -2.08. The lowest BCUT2D eigenvalue weighted by Crippen LogP contribution is -2.09. The normalized spacial score (nSPS) is 10.5. The van der Waals surface area contributed by atoms with Gasteiger partial charge in [0.15, 0.2) is 0 Å². The average Bonchev–Trinajstić information content (AvgIpc) is 2.77. The van der Waals surface area contributed by atoms with Gasteiger partial charge in [-0.2, -0.15) is 5.10 Å². The van der Waals surface area contributed by atoms with E-state index >= 15 is 0 Å². The summed E-state index contributed by atoms with van der Waals surface area (Å²) in [6, 6.07) is 4.77. The van der Waals surface area contributed by atoms with Gasteiger partial charge in [-0.3, -0.25) is 0 Å². The molecule has 0 saturated carbocycles. The number of nitrogens with zero attached hydrogens (tertiary/aromatic N) is 3. The Hall–Kier alpha value is -1.43. The molecule has 2 rings (SSSR count). The molecule has 0 aliphatic carbocycles. The molecule has 0 spiro atoms. The minimum Gasteiger partial charge on any atom is -0.375 e. The topological polar surface area (TPSA) is 42.7 Å². The fourth-order valence-electron chi connectivity index (χ4n) is 1.50. The third-order valence-corrected chi connectivity index (χ3v) is 2.85. The van der Waals surface area contributed by atoms with Crippen LogP contribution >= 0.6 is 15.9 Å². The van der Waals surface area contributed by atoms with Crippen LogP contribution in [0.2, 0.25) is 0 Å². The number of hydrogen-bond acceptors (Lipinski definition) is 3. The molecule has 0 atom stereocenters. The second kappa shape index (κ2) is 5.27. The van der Waals surface area contributed by atoms with E-state index in [1.54, 1.807) is 16.8 Å². The average molecular weight is 299 g/mol. The van der Waals surface area contributed by atoms with Gasteiger partial charge < -0.3 is 5.32 Å². The Bertz CT molecular complexity index is 512. The van der Waals surface area contributed by atoms with E-state index in [9.17, 15) is 4.39 Å². The number of rotatable bonds is 4. The Kier molecular flexibility index (Phi) is 3.73. The van der Waals surface area contributed by atoms with Gasteiger partial charge in [0.2, 0.25) is 0 Å². The van der Waals surface area contributed by atoms with Gasteiger partial charge in [0, 0.05) is 11.0 Å². The lowest BCUT2D eigenvalue weighted by atomic mass is 10.3. The second-order valence-corrected chi connectivity index (χ2v) is 4.39. The van der Waals surface area contributed by atoms with Gasteiger partial charge in [0.1, 0.15) is 18.0 Å². The molecule has 4 nitrogen and oxygen atoms in total. The predicted octanol–water partition coefficient (Wildman–Crippen LogP) is 2.81. The Morgan fingerprint density at radius 2 is 2.29 bits per heavy atom. The van der Waals surface area contributed by atoms with Crippen LogP contribution in [-0.2, 0) is 13.1 Å². The van der Waals surface area contributed by atoms with Crippen molar-refractivity contribution in [2.24, 2.45) is 0 Å². The Morgan fingerprint density at radius 1 is 1.47 bits per heavy atom. The smallest absolute Gasteiger partial charge is 0.146 e. The fourth-order valence-corrected chi connectivity index (χ4v) is 1.86. The highest BCUT2D eigenvalue weighted by atomic mass is 79.9. The van der Waals surface area contributed by atoms with Crippen molar-refractivity contribution in [1.29, 1.82) is 0 Å². The molecule has 1 aromatic carbocycles. The number of halogens is 2. The Balaban J connectivity index is 2.09. The van der Waals surface area contributed by atoms with Crippen molar-refractivity contribution in [2.45, 2.75) is 20.0 Å². The second-order valence-electron chi connectivity index (χ2n) is 3.47. The highest BCUT2D eigenvalue weighted by Crippen LogP contribution is 2.20. The molecule has 1 heterocycles. The first-order valence-electron chi connectivity index (χ1n) is 5.26. The molecule has 0 fully saturated rings. The summed E-state index contributed by atoms with van der Waals surface area (Å²) in [6.45, 7) is 3.18. The highest BCUT2D eigenvalue weighted by molar-refractivity contribution is 9.10. The zero-order valence-electron chi connectivity index (χ0n) is 9.32. The van der Waals surface area contributed by atoms with Gasteiger partial charge in [-0.15, -0.1) is 0 Å². The first-order valence-corrected chi connectivity index (χ1v) is 6.05. The van der Waals surface area contributed by atoms with Crippen molar-refractivity contribution in [3.63, 3.8) is 0 Å². The summed E-state index contributed by atoms with van der Waals surface area (Å²) in [5, 5.41) is 7.05. The Morgan fingerprint density at radius 3 is 3.06 bits per heavy atom. The molecule has 0 aliphatic rings. The number of aryl methyl sites for hydroxylation is 1. The monoisotopic (exact) mass is 298 g/mol. The van der Waals surface area contributed by atoms with Crippen molar-refractivity contribution in [1.82, 2.24) is 14.8 Å². The molecule has 0 amide bonds. The van der Waals surface area contributed by atoms with E-state index in [-0.39, 0.29) is 5.82 Å². The van der Waals surface area contributed by atoms with Crippen molar-refractivity contribution in [3.8, 4) is 0 Å². The van der Waals surface area contributed by atoms with E-state index in [1.165, 1.54) is 12.4 Å². The summed E-state index contributed by atoms with van der Waals surface area (Å²) in [4.78, 5) is 4.11. The fraction of sp³-hybridized carbons (Fsp3) is 0.273. The molecule has 0 saturated heterocycles. The zero-order valence-corrected chi connectivity index (χ0v) is 10.9. The molecule has 0 unspecified atom stereocenters. The van der Waals surface area contributed by atoms with Gasteiger partial charge in [0.25, 0.3) is 0 Å². The van der Waals surface area contributed by atoms with Crippen molar-refractivity contribution in [2.75, 3.05) is 5.32 Å². The highest BCUT2D eigenvalue weighted by Gasteiger charge is 2.05. The predicted molar refractivity (Wildman–Crippen MR) is 67.1 cm³/mol. The van der Waals surface area contributed by atoms with E-state index in [0.29, 0.717) is 12.2 Å². The van der Waals surface area contributed by atoms with E-state index < -0.39 is 0 Å². The molecule has 6 heteroatoms. The molecule has 1 N–H and O–H groups in total. The van der Waals surface area contributed by atoms with Crippen molar-refractivity contribution in [3.05, 3.63) is 40.6 Å². The number of anilines is 1. The molecule has 0 bridgehead atoms. The summed E-state index contributed by atoms with van der Waals surface area (Å²) in [5.74, 6) is 0.502. The van der Waals surface area contributed by atoms with Gasteiger partial charge in [-0.1, -0.05) is 15.9 Å². The van der Waals surface area contributed by atoms with E-state index in [1.807, 2.05) is 6.92 Å². The standard InChI is InChI=1S/C11H12BrFN4/c1-2-17-11(15-7-16-17)6-14-10-5-8(12)3-4-9(10)13/h3-5,7,14H,2,6H2,1H3. The molecule has 17 heavy (non-hydrogen) atoms. The van der Waals surface area contributed by atoms with Crippen LogP contribution in [0.25, 0.3) is 0 Å². The van der Waals surface area contributed by atoms with Crippen LogP contribution in [0.4, 0.5) is 10.1 Å². The lowest BCUT2D eigenvalue weighted by molar-refractivity contribution is 0.614. The summed E-state index contributed by atoms with van der Waals surface area (Å²) >= 11 is 3.30. The third-order valence-electron chi connectivity index (χ3n) is 2.36. The first kappa shape index (κ1) is 12.0. The van der Waals surface area contributed by atoms with Gasteiger partial charge in [-0.25, -0.2) is 14.1 Å². The van der Waals surface area contributed by atoms with Crippen LogP contribution in [-0.4, -0.2) is 14.8 Å². The molecule has 2 aromatic rings. The van der Waals surface area contributed by atoms with Crippen LogP contribution in [0.5, 0.6) is 0 Å². The molecular formula is C11H12BrFN4. The number of benzene rings is 1. The quantitative estimate of drug-likeness (QED) is 0.944. The maximum Gasteiger partial charge on any atom is 0.146 e. The minimum atomic E-state index is -0.282. The molecular weight excluding hydrogens is 287 g/mol. The Labute approximate surface area is 107 Å². The van der Waals surface area contributed by atoms with Crippen molar-refractivity contribution >= 4 is 21.6 Å². The maximum atomic E-state index is 13.5. The minimum absolute atomic E-state index is 0.282. The van der Waals surface area contributed by atoms with E-state index in [0.717, 1.165) is 16.8 Å².